The van der Waals surface area contributed by atoms with Crippen molar-refractivity contribution in [3.05, 3.63) is 65.0 Å². The minimum atomic E-state index is -0.399. The average molecular weight is 327 g/mol. The van der Waals surface area contributed by atoms with Crippen LogP contribution in [0.5, 0.6) is 5.75 Å². The predicted octanol–water partition coefficient (Wildman–Crippen LogP) is 3.21. The van der Waals surface area contributed by atoms with Crippen LogP contribution in [-0.4, -0.2) is 18.3 Å². The van der Waals surface area contributed by atoms with Crippen molar-refractivity contribution >= 4 is 11.7 Å². The lowest BCUT2D eigenvalue weighted by atomic mass is 10.0. The molecule has 5 heteroatoms. The molecule has 2 aromatic rings. The van der Waals surface area contributed by atoms with Crippen molar-refractivity contribution in [2.45, 2.75) is 25.8 Å². The van der Waals surface area contributed by atoms with E-state index >= 15 is 0 Å². The lowest BCUT2D eigenvalue weighted by molar-refractivity contribution is -0.123. The Morgan fingerprint density at radius 2 is 2.00 bits per heavy atom. The van der Waals surface area contributed by atoms with Crippen molar-refractivity contribution in [3.63, 3.8) is 0 Å². The van der Waals surface area contributed by atoms with Gasteiger partial charge in [0, 0.05) is 18.5 Å². The molecule has 0 aromatic heterocycles. The summed E-state index contributed by atoms with van der Waals surface area (Å²) in [7, 11) is 0. The topological polar surface area (TPSA) is 55.4 Å². The molecule has 124 valence electrons. The highest BCUT2D eigenvalue weighted by atomic mass is 19.1. The van der Waals surface area contributed by atoms with Crippen LogP contribution in [0.25, 0.3) is 0 Å². The molecule has 1 aliphatic carbocycles. The highest BCUT2D eigenvalue weighted by molar-refractivity contribution is 6.03. The summed E-state index contributed by atoms with van der Waals surface area (Å²) in [6.07, 6.45) is 0.271. The van der Waals surface area contributed by atoms with E-state index in [1.165, 1.54) is 12.1 Å². The molecule has 1 atom stereocenters. The molecule has 2 aromatic carbocycles. The summed E-state index contributed by atoms with van der Waals surface area (Å²) in [6, 6.07) is 12.2. The normalized spacial score (nSPS) is 15.9. The number of hydrogen-bond donors (Lipinski definition) is 1. The first-order chi connectivity index (χ1) is 11.6. The molecule has 24 heavy (non-hydrogen) atoms. The second kappa shape index (κ2) is 6.83. The number of rotatable bonds is 5. The summed E-state index contributed by atoms with van der Waals surface area (Å²) < 4.78 is 19.4. The maximum Gasteiger partial charge on any atom is 0.258 e. The van der Waals surface area contributed by atoms with E-state index in [4.69, 9.17) is 4.74 Å². The minimum Gasteiger partial charge on any atom is -0.483 e. The number of carbonyl (C=O) groups is 2. The van der Waals surface area contributed by atoms with E-state index in [2.05, 4.69) is 5.32 Å². The fourth-order valence-electron chi connectivity index (χ4n) is 2.94. The van der Waals surface area contributed by atoms with E-state index in [1.807, 2.05) is 37.3 Å². The van der Waals surface area contributed by atoms with E-state index in [0.29, 0.717) is 12.1 Å². The minimum absolute atomic E-state index is 0.142. The Morgan fingerprint density at radius 3 is 2.75 bits per heavy atom. The molecular formula is C19H18FNO3. The molecule has 0 spiro atoms. The van der Waals surface area contributed by atoms with Crippen molar-refractivity contribution in [1.29, 1.82) is 0 Å². The van der Waals surface area contributed by atoms with Gasteiger partial charge in [0.15, 0.2) is 12.4 Å². The fourth-order valence-corrected chi connectivity index (χ4v) is 2.94. The van der Waals surface area contributed by atoms with E-state index < -0.39 is 5.82 Å². The van der Waals surface area contributed by atoms with Crippen molar-refractivity contribution in [2.75, 3.05) is 6.61 Å². The van der Waals surface area contributed by atoms with Crippen molar-refractivity contribution in [3.8, 4) is 5.75 Å². The number of hydrogen-bond acceptors (Lipinski definition) is 3. The van der Waals surface area contributed by atoms with Gasteiger partial charge in [-0.3, -0.25) is 9.59 Å². The lowest BCUT2D eigenvalue weighted by Gasteiger charge is -2.12. The van der Waals surface area contributed by atoms with Crippen molar-refractivity contribution in [1.82, 2.24) is 5.32 Å². The van der Waals surface area contributed by atoms with Gasteiger partial charge in [-0.1, -0.05) is 37.3 Å². The van der Waals surface area contributed by atoms with Crippen LogP contribution in [0.1, 0.15) is 40.7 Å². The highest BCUT2D eigenvalue weighted by Crippen LogP contribution is 2.39. The van der Waals surface area contributed by atoms with Crippen LogP contribution in [0, 0.1) is 5.82 Å². The molecule has 1 aliphatic rings. The van der Waals surface area contributed by atoms with Gasteiger partial charge in [0.05, 0.1) is 5.56 Å². The Hall–Kier alpha value is -2.69. The Morgan fingerprint density at radius 1 is 1.25 bits per heavy atom. The maximum atomic E-state index is 13.9. The number of benzene rings is 2. The van der Waals surface area contributed by atoms with E-state index in [-0.39, 0.29) is 41.9 Å². The highest BCUT2D eigenvalue weighted by Gasteiger charge is 2.32. The summed E-state index contributed by atoms with van der Waals surface area (Å²) >= 11 is 0. The quantitative estimate of drug-likeness (QED) is 0.917. The van der Waals surface area contributed by atoms with Gasteiger partial charge in [0.2, 0.25) is 0 Å². The first-order valence-electron chi connectivity index (χ1n) is 7.85. The predicted molar refractivity (Wildman–Crippen MR) is 87.5 cm³/mol. The molecular weight excluding hydrogens is 309 g/mol. The van der Waals surface area contributed by atoms with Gasteiger partial charge in [-0.2, -0.15) is 0 Å². The number of ketones is 1. The van der Waals surface area contributed by atoms with Crippen LogP contribution in [0.15, 0.2) is 42.5 Å². The largest absolute Gasteiger partial charge is 0.483 e. The average Bonchev–Trinajstić information content (AvgIpc) is 2.89. The summed E-state index contributed by atoms with van der Waals surface area (Å²) in [5.41, 5.74) is 1.65. The van der Waals surface area contributed by atoms with E-state index in [9.17, 15) is 14.0 Å². The molecule has 1 amide bonds. The maximum absolute atomic E-state index is 13.9. The number of Topliss-reactive ketones (excluding diaryl/α,β-unsaturated/α-hetero) is 1. The Kier molecular flexibility index (Phi) is 4.60. The second-order valence-corrected chi connectivity index (χ2v) is 5.91. The van der Waals surface area contributed by atoms with Gasteiger partial charge in [-0.15, -0.1) is 0 Å². The first-order valence-corrected chi connectivity index (χ1v) is 7.85. The molecule has 1 unspecified atom stereocenters. The number of nitrogens with one attached hydrogen (secondary N) is 1. The lowest BCUT2D eigenvalue weighted by Crippen LogP contribution is -2.28. The number of amides is 1. The third kappa shape index (κ3) is 3.30. The summed E-state index contributed by atoms with van der Waals surface area (Å²) in [5, 5.41) is 2.75. The van der Waals surface area contributed by atoms with E-state index in [0.717, 1.165) is 5.56 Å². The summed E-state index contributed by atoms with van der Waals surface area (Å²) in [6.45, 7) is 2.00. The number of halogens is 1. The van der Waals surface area contributed by atoms with Gasteiger partial charge < -0.3 is 10.1 Å². The number of carbonyl (C=O) groups excluding carboxylic acids is 2. The Bertz CT molecular complexity index is 774. The van der Waals surface area contributed by atoms with Crippen molar-refractivity contribution in [2.24, 2.45) is 0 Å². The number of fused-ring (bicyclic) bond motifs is 1. The molecule has 0 saturated carbocycles. The van der Waals surface area contributed by atoms with Gasteiger partial charge in [0.1, 0.15) is 11.6 Å². The monoisotopic (exact) mass is 327 g/mol. The SMILES string of the molecule is CC1CC(=O)c2c(OCC(=O)NCc3ccccc3)ccc(F)c21. The number of ether oxygens (including phenoxy) is 1. The van der Waals surface area contributed by atoms with Crippen LogP contribution in [0.3, 0.4) is 0 Å². The Labute approximate surface area is 139 Å². The third-order valence-electron chi connectivity index (χ3n) is 4.11. The van der Waals surface area contributed by atoms with Crippen molar-refractivity contribution < 1.29 is 18.7 Å². The molecule has 0 heterocycles. The standard InChI is InChI=1S/C19H18FNO3/c1-12-9-15(22)19-16(8-7-14(20)18(12)19)24-11-17(23)21-10-13-5-3-2-4-6-13/h2-8,12H,9-11H2,1H3,(H,21,23). The van der Waals surface area contributed by atoms with Crippen LogP contribution >= 0.6 is 0 Å². The van der Waals surface area contributed by atoms with Gasteiger partial charge in [-0.25, -0.2) is 4.39 Å². The first kappa shape index (κ1) is 16.2. The molecule has 3 rings (SSSR count). The zero-order valence-electron chi connectivity index (χ0n) is 13.3. The second-order valence-electron chi connectivity index (χ2n) is 5.91. The van der Waals surface area contributed by atoms with Gasteiger partial charge >= 0.3 is 0 Å². The Balaban J connectivity index is 1.63. The van der Waals surface area contributed by atoms with Gasteiger partial charge in [-0.05, 0) is 23.6 Å². The molecule has 0 radical (unpaired) electrons. The van der Waals surface area contributed by atoms with Crippen LogP contribution in [0.2, 0.25) is 0 Å². The molecule has 0 saturated heterocycles. The van der Waals surface area contributed by atoms with Crippen LogP contribution < -0.4 is 10.1 Å². The fraction of sp³-hybridized carbons (Fsp3) is 0.263. The van der Waals surface area contributed by atoms with Crippen LogP contribution in [0.4, 0.5) is 4.39 Å². The third-order valence-corrected chi connectivity index (χ3v) is 4.11. The van der Waals surface area contributed by atoms with Gasteiger partial charge in [0.25, 0.3) is 5.91 Å². The van der Waals surface area contributed by atoms with Crippen LogP contribution in [-0.2, 0) is 11.3 Å². The summed E-state index contributed by atoms with van der Waals surface area (Å²) in [5.74, 6) is -0.727. The zero-order chi connectivity index (χ0) is 17.1. The molecule has 4 nitrogen and oxygen atoms in total. The molecule has 0 fully saturated rings. The smallest absolute Gasteiger partial charge is 0.258 e. The molecule has 1 N–H and O–H groups in total. The molecule has 0 aliphatic heterocycles. The van der Waals surface area contributed by atoms with E-state index in [1.54, 1.807) is 0 Å². The molecule has 0 bridgehead atoms. The summed E-state index contributed by atoms with van der Waals surface area (Å²) in [4.78, 5) is 24.0. The zero-order valence-corrected chi connectivity index (χ0v) is 13.3.